The third-order valence-corrected chi connectivity index (χ3v) is 6.17. The molecule has 1 fully saturated rings. The number of nitrogens with two attached hydrogens (primary N) is 1. The number of β-amino-alcohol motifs (C(OH)–C–C–N with tert-alkyl or cyclic N) is 1. The van der Waals surface area contributed by atoms with E-state index in [1.54, 1.807) is 0 Å². The van der Waals surface area contributed by atoms with Gasteiger partial charge in [0.15, 0.2) is 11.4 Å². The van der Waals surface area contributed by atoms with Crippen LogP contribution in [0.3, 0.4) is 0 Å². The standard InChI is InChI=1S/C16H20N4O5S/c1-10(2)14-18-15(25-19-14)16(22)6-7-20(9-16)26(23,24)12-5-3-4-11(8-12)13(17)21/h3-5,8,10,22H,6-7,9H2,1-2H3,(H2,17,21). The molecule has 3 rings (SSSR count). The molecule has 1 unspecified atom stereocenters. The van der Waals surface area contributed by atoms with Crippen LogP contribution in [0.15, 0.2) is 33.7 Å². The fraction of sp³-hybridized carbons (Fsp3) is 0.438. The minimum atomic E-state index is -3.91. The third-order valence-electron chi connectivity index (χ3n) is 4.33. The quantitative estimate of drug-likeness (QED) is 0.773. The summed E-state index contributed by atoms with van der Waals surface area (Å²) in [6.07, 6.45) is 0.126. The summed E-state index contributed by atoms with van der Waals surface area (Å²) in [6, 6.07) is 5.48. The van der Waals surface area contributed by atoms with E-state index in [9.17, 15) is 18.3 Å². The second-order valence-electron chi connectivity index (χ2n) is 6.62. The summed E-state index contributed by atoms with van der Waals surface area (Å²) in [4.78, 5) is 15.4. The highest BCUT2D eigenvalue weighted by Crippen LogP contribution is 2.34. The van der Waals surface area contributed by atoms with Crippen molar-refractivity contribution in [2.75, 3.05) is 13.1 Å². The molecule has 2 heterocycles. The van der Waals surface area contributed by atoms with Gasteiger partial charge in [-0.3, -0.25) is 4.79 Å². The normalized spacial score (nSPS) is 21.4. The van der Waals surface area contributed by atoms with Crippen molar-refractivity contribution in [3.05, 3.63) is 41.5 Å². The summed E-state index contributed by atoms with van der Waals surface area (Å²) in [5.41, 5.74) is 3.76. The van der Waals surface area contributed by atoms with Gasteiger partial charge >= 0.3 is 0 Å². The fourth-order valence-electron chi connectivity index (χ4n) is 2.76. The number of amides is 1. The molecule has 1 aromatic heterocycles. The van der Waals surface area contributed by atoms with Gasteiger partial charge in [-0.2, -0.15) is 9.29 Å². The van der Waals surface area contributed by atoms with E-state index in [1.807, 2.05) is 13.8 Å². The van der Waals surface area contributed by atoms with Gasteiger partial charge < -0.3 is 15.4 Å². The summed E-state index contributed by atoms with van der Waals surface area (Å²) in [6.45, 7) is 3.64. The van der Waals surface area contributed by atoms with Crippen LogP contribution in [0.4, 0.5) is 0 Å². The van der Waals surface area contributed by atoms with Crippen molar-refractivity contribution in [1.29, 1.82) is 0 Å². The maximum Gasteiger partial charge on any atom is 0.260 e. The Bertz CT molecular complexity index is 940. The van der Waals surface area contributed by atoms with Crippen LogP contribution in [0, 0.1) is 0 Å². The highest BCUT2D eigenvalue weighted by molar-refractivity contribution is 7.89. The summed E-state index contributed by atoms with van der Waals surface area (Å²) in [5, 5.41) is 14.6. The Morgan fingerprint density at radius 1 is 1.42 bits per heavy atom. The first-order valence-corrected chi connectivity index (χ1v) is 9.54. The van der Waals surface area contributed by atoms with Crippen molar-refractivity contribution in [3.8, 4) is 0 Å². The molecule has 2 aromatic rings. The monoisotopic (exact) mass is 380 g/mol. The van der Waals surface area contributed by atoms with Crippen LogP contribution in [0.2, 0.25) is 0 Å². The summed E-state index contributed by atoms with van der Waals surface area (Å²) in [5.74, 6) is -0.241. The molecular weight excluding hydrogens is 360 g/mol. The SMILES string of the molecule is CC(C)c1noc(C2(O)CCN(S(=O)(=O)c3cccc(C(N)=O)c3)C2)n1. The number of carbonyl (C=O) groups is 1. The van der Waals surface area contributed by atoms with Crippen molar-refractivity contribution < 1.29 is 22.8 Å². The highest BCUT2D eigenvalue weighted by atomic mass is 32.2. The average Bonchev–Trinajstić information content (AvgIpc) is 3.23. The molecule has 1 atom stereocenters. The Hall–Kier alpha value is -2.30. The number of nitrogens with zero attached hydrogens (tertiary/aromatic N) is 3. The van der Waals surface area contributed by atoms with E-state index < -0.39 is 21.5 Å². The molecule has 0 spiro atoms. The molecule has 0 saturated carbocycles. The van der Waals surface area contributed by atoms with E-state index in [4.69, 9.17) is 10.3 Å². The minimum Gasteiger partial charge on any atom is -0.379 e. The van der Waals surface area contributed by atoms with Crippen molar-refractivity contribution in [2.45, 2.75) is 36.7 Å². The van der Waals surface area contributed by atoms with Gasteiger partial charge in [0.1, 0.15) is 0 Å². The lowest BCUT2D eigenvalue weighted by atomic mass is 10.0. The predicted molar refractivity (Wildman–Crippen MR) is 90.6 cm³/mol. The van der Waals surface area contributed by atoms with Gasteiger partial charge in [-0.25, -0.2) is 8.42 Å². The van der Waals surface area contributed by atoms with Crippen LogP contribution in [-0.4, -0.2) is 47.0 Å². The van der Waals surface area contributed by atoms with Gasteiger partial charge in [0.25, 0.3) is 5.89 Å². The lowest BCUT2D eigenvalue weighted by Gasteiger charge is -2.20. The molecule has 1 saturated heterocycles. The zero-order chi connectivity index (χ0) is 19.1. The maximum absolute atomic E-state index is 12.8. The lowest BCUT2D eigenvalue weighted by Crippen LogP contribution is -2.34. The molecular formula is C16H20N4O5S. The van der Waals surface area contributed by atoms with Crippen molar-refractivity contribution in [2.24, 2.45) is 5.73 Å². The zero-order valence-corrected chi connectivity index (χ0v) is 15.2. The zero-order valence-electron chi connectivity index (χ0n) is 14.4. The van der Waals surface area contributed by atoms with Crippen LogP contribution in [0.1, 0.15) is 48.3 Å². The molecule has 9 nitrogen and oxygen atoms in total. The highest BCUT2D eigenvalue weighted by Gasteiger charge is 2.46. The van der Waals surface area contributed by atoms with Gasteiger partial charge in [0.05, 0.1) is 11.4 Å². The average molecular weight is 380 g/mol. The number of sulfonamides is 1. The van der Waals surface area contributed by atoms with Gasteiger partial charge in [-0.05, 0) is 18.2 Å². The number of aromatic nitrogens is 2. The summed E-state index contributed by atoms with van der Waals surface area (Å²) < 4.78 is 31.9. The Kier molecular flexibility index (Phi) is 4.59. The first-order valence-electron chi connectivity index (χ1n) is 8.10. The van der Waals surface area contributed by atoms with Crippen LogP contribution in [0.5, 0.6) is 0 Å². The van der Waals surface area contributed by atoms with Gasteiger partial charge in [0.2, 0.25) is 15.9 Å². The molecule has 26 heavy (non-hydrogen) atoms. The lowest BCUT2D eigenvalue weighted by molar-refractivity contribution is 0.0194. The Morgan fingerprint density at radius 3 is 2.77 bits per heavy atom. The molecule has 1 aliphatic rings. The van der Waals surface area contributed by atoms with Crippen molar-refractivity contribution in [1.82, 2.24) is 14.4 Å². The molecule has 0 aliphatic carbocycles. The Balaban J connectivity index is 1.87. The molecule has 0 radical (unpaired) electrons. The molecule has 1 aliphatic heterocycles. The van der Waals surface area contributed by atoms with E-state index in [1.165, 1.54) is 24.3 Å². The molecule has 0 bridgehead atoms. The van der Waals surface area contributed by atoms with E-state index in [-0.39, 0.29) is 41.8 Å². The number of hydrogen-bond acceptors (Lipinski definition) is 7. The number of primary amides is 1. The van der Waals surface area contributed by atoms with Crippen LogP contribution in [-0.2, 0) is 15.6 Å². The van der Waals surface area contributed by atoms with Gasteiger partial charge in [-0.15, -0.1) is 0 Å². The maximum atomic E-state index is 12.8. The summed E-state index contributed by atoms with van der Waals surface area (Å²) >= 11 is 0. The largest absolute Gasteiger partial charge is 0.379 e. The van der Waals surface area contributed by atoms with E-state index in [0.717, 1.165) is 4.31 Å². The third kappa shape index (κ3) is 3.22. The molecule has 140 valence electrons. The number of hydrogen-bond donors (Lipinski definition) is 2. The van der Waals surface area contributed by atoms with E-state index in [0.29, 0.717) is 5.82 Å². The van der Waals surface area contributed by atoms with Crippen LogP contribution in [0.25, 0.3) is 0 Å². The number of aliphatic hydroxyl groups is 1. The smallest absolute Gasteiger partial charge is 0.260 e. The molecule has 3 N–H and O–H groups in total. The topological polar surface area (TPSA) is 140 Å². The number of rotatable bonds is 5. The fourth-order valence-corrected chi connectivity index (χ4v) is 4.30. The second kappa shape index (κ2) is 6.45. The predicted octanol–water partition coefficient (Wildman–Crippen LogP) is 0.574. The van der Waals surface area contributed by atoms with Crippen LogP contribution >= 0.6 is 0 Å². The van der Waals surface area contributed by atoms with Gasteiger partial charge in [-0.1, -0.05) is 25.1 Å². The number of carbonyl (C=O) groups excluding carboxylic acids is 1. The first kappa shape index (κ1) is 18.5. The van der Waals surface area contributed by atoms with E-state index in [2.05, 4.69) is 10.1 Å². The molecule has 1 amide bonds. The first-order chi connectivity index (χ1) is 12.1. The van der Waals surface area contributed by atoms with Gasteiger partial charge in [0, 0.05) is 24.4 Å². The van der Waals surface area contributed by atoms with E-state index >= 15 is 0 Å². The molecule has 10 heteroatoms. The van der Waals surface area contributed by atoms with Crippen molar-refractivity contribution in [3.63, 3.8) is 0 Å². The van der Waals surface area contributed by atoms with Crippen molar-refractivity contribution >= 4 is 15.9 Å². The minimum absolute atomic E-state index is 0.00443. The van der Waals surface area contributed by atoms with Crippen LogP contribution < -0.4 is 5.73 Å². The molecule has 1 aromatic carbocycles. The Labute approximate surface area is 150 Å². The number of benzene rings is 1. The second-order valence-corrected chi connectivity index (χ2v) is 8.56. The Morgan fingerprint density at radius 2 is 2.15 bits per heavy atom. The summed E-state index contributed by atoms with van der Waals surface area (Å²) in [7, 11) is -3.91.